The molecule has 4 aromatic rings. The highest BCUT2D eigenvalue weighted by atomic mass is 16.5. The third kappa shape index (κ3) is 4.41. The first kappa shape index (κ1) is 22.2. The quantitative estimate of drug-likeness (QED) is 0.442. The predicted molar refractivity (Wildman–Crippen MR) is 133 cm³/mol. The number of aliphatic hydroxyl groups is 1. The van der Waals surface area contributed by atoms with Crippen LogP contribution in [-0.2, 0) is 11.3 Å². The number of aliphatic hydroxyl groups excluding tert-OH is 1. The Bertz CT molecular complexity index is 1330. The van der Waals surface area contributed by atoms with Crippen LogP contribution in [0.2, 0.25) is 0 Å². The normalized spacial score (nSPS) is 16.9. The molecule has 0 radical (unpaired) electrons. The van der Waals surface area contributed by atoms with Gasteiger partial charge in [-0.25, -0.2) is 4.98 Å². The van der Waals surface area contributed by atoms with Crippen molar-refractivity contribution in [3.05, 3.63) is 89.7 Å². The van der Waals surface area contributed by atoms with Crippen molar-refractivity contribution in [1.82, 2.24) is 9.55 Å². The van der Waals surface area contributed by atoms with E-state index in [1.54, 1.807) is 0 Å². The van der Waals surface area contributed by atoms with Crippen molar-refractivity contribution in [3.8, 4) is 5.75 Å². The first-order valence-electron chi connectivity index (χ1n) is 11.7. The van der Waals surface area contributed by atoms with E-state index in [-0.39, 0.29) is 18.4 Å². The fraction of sp³-hybridized carbons (Fsp3) is 0.286. The van der Waals surface area contributed by atoms with Gasteiger partial charge in [0, 0.05) is 24.6 Å². The van der Waals surface area contributed by atoms with Crippen molar-refractivity contribution in [1.29, 1.82) is 0 Å². The van der Waals surface area contributed by atoms with Gasteiger partial charge >= 0.3 is 0 Å². The van der Waals surface area contributed by atoms with Crippen LogP contribution >= 0.6 is 0 Å². The maximum Gasteiger partial charge on any atom is 0.227 e. The minimum absolute atomic E-state index is 0.0510. The van der Waals surface area contributed by atoms with E-state index in [0.717, 1.165) is 39.4 Å². The highest BCUT2D eigenvalue weighted by Gasteiger charge is 2.35. The lowest BCUT2D eigenvalue weighted by Gasteiger charge is -2.19. The Morgan fingerprint density at radius 1 is 1.06 bits per heavy atom. The Hall–Kier alpha value is -3.64. The van der Waals surface area contributed by atoms with E-state index in [2.05, 4.69) is 4.57 Å². The van der Waals surface area contributed by atoms with Gasteiger partial charge in [-0.3, -0.25) is 4.79 Å². The fourth-order valence-corrected chi connectivity index (χ4v) is 4.69. The number of aryl methyl sites for hydroxylation is 2. The zero-order valence-corrected chi connectivity index (χ0v) is 19.5. The molecular weight excluding hydrogens is 426 g/mol. The van der Waals surface area contributed by atoms with Crippen molar-refractivity contribution >= 4 is 22.6 Å². The number of rotatable bonds is 7. The van der Waals surface area contributed by atoms with Gasteiger partial charge in [0.25, 0.3) is 0 Å². The van der Waals surface area contributed by atoms with Crippen molar-refractivity contribution in [2.24, 2.45) is 0 Å². The van der Waals surface area contributed by atoms with Crippen LogP contribution < -0.4 is 9.64 Å². The molecule has 174 valence electrons. The number of para-hydroxylation sites is 3. The molecule has 34 heavy (non-hydrogen) atoms. The van der Waals surface area contributed by atoms with Gasteiger partial charge in [-0.15, -0.1) is 0 Å². The van der Waals surface area contributed by atoms with Crippen molar-refractivity contribution < 1.29 is 14.6 Å². The number of anilines is 1. The smallest absolute Gasteiger partial charge is 0.227 e. The van der Waals surface area contributed by atoms with Gasteiger partial charge in [0.15, 0.2) is 0 Å². The summed E-state index contributed by atoms with van der Waals surface area (Å²) < 4.78 is 7.94. The van der Waals surface area contributed by atoms with Crippen LogP contribution in [0.1, 0.15) is 29.3 Å². The Labute approximate surface area is 199 Å². The van der Waals surface area contributed by atoms with E-state index in [4.69, 9.17) is 9.72 Å². The highest BCUT2D eigenvalue weighted by molar-refractivity contribution is 5.96. The second-order valence-corrected chi connectivity index (χ2v) is 9.04. The Kier molecular flexibility index (Phi) is 6.07. The van der Waals surface area contributed by atoms with Crippen LogP contribution in [-0.4, -0.2) is 39.8 Å². The second kappa shape index (κ2) is 9.31. The lowest BCUT2D eigenvalue weighted by molar-refractivity contribution is -0.117. The van der Waals surface area contributed by atoms with Crippen LogP contribution in [0, 0.1) is 13.8 Å². The zero-order chi connectivity index (χ0) is 23.7. The molecule has 1 saturated heterocycles. The molecular formula is C28H29N3O3. The van der Waals surface area contributed by atoms with E-state index >= 15 is 0 Å². The molecule has 1 aliphatic heterocycles. The first-order valence-corrected chi connectivity index (χ1v) is 11.7. The summed E-state index contributed by atoms with van der Waals surface area (Å²) in [5.41, 5.74) is 4.89. The standard InChI is InChI=1S/C28H29N3O3/c1-19-8-7-10-22(14-19)30-16-21(15-27(30)33)28-29-24-11-4-5-12-25(24)31(28)17-23(32)18-34-26-13-6-3-9-20(26)2/h3-14,21,23,32H,15-18H2,1-2H3. The molecule has 2 atom stereocenters. The average molecular weight is 456 g/mol. The maximum atomic E-state index is 12.9. The Morgan fingerprint density at radius 3 is 2.68 bits per heavy atom. The molecule has 0 saturated carbocycles. The monoisotopic (exact) mass is 455 g/mol. The number of hydrogen-bond acceptors (Lipinski definition) is 4. The molecule has 1 N–H and O–H groups in total. The van der Waals surface area contributed by atoms with Gasteiger partial charge in [0.1, 0.15) is 24.3 Å². The van der Waals surface area contributed by atoms with Gasteiger partial charge in [-0.05, 0) is 55.3 Å². The minimum Gasteiger partial charge on any atom is -0.491 e. The Morgan fingerprint density at radius 2 is 1.85 bits per heavy atom. The van der Waals surface area contributed by atoms with Crippen molar-refractivity contribution in [2.75, 3.05) is 18.1 Å². The molecule has 6 nitrogen and oxygen atoms in total. The second-order valence-electron chi connectivity index (χ2n) is 9.04. The predicted octanol–water partition coefficient (Wildman–Crippen LogP) is 4.61. The largest absolute Gasteiger partial charge is 0.491 e. The number of imidazole rings is 1. The van der Waals surface area contributed by atoms with Gasteiger partial charge in [-0.2, -0.15) is 0 Å². The van der Waals surface area contributed by atoms with Crippen LogP contribution in [0.3, 0.4) is 0 Å². The molecule has 2 unspecified atom stereocenters. The number of nitrogens with zero attached hydrogens (tertiary/aromatic N) is 3. The van der Waals surface area contributed by atoms with E-state index in [1.165, 1.54) is 0 Å². The summed E-state index contributed by atoms with van der Waals surface area (Å²) in [6.07, 6.45) is -0.325. The van der Waals surface area contributed by atoms with Crippen LogP contribution in [0.5, 0.6) is 5.75 Å². The minimum atomic E-state index is -0.721. The molecule has 1 aromatic heterocycles. The highest BCUT2D eigenvalue weighted by Crippen LogP contribution is 2.33. The third-order valence-corrected chi connectivity index (χ3v) is 6.41. The van der Waals surface area contributed by atoms with E-state index < -0.39 is 6.10 Å². The number of aromatic nitrogens is 2. The number of benzene rings is 3. The summed E-state index contributed by atoms with van der Waals surface area (Å²) in [4.78, 5) is 19.7. The maximum absolute atomic E-state index is 12.9. The summed E-state index contributed by atoms with van der Waals surface area (Å²) in [7, 11) is 0. The molecule has 1 fully saturated rings. The summed E-state index contributed by atoms with van der Waals surface area (Å²) in [6, 6.07) is 23.7. The molecule has 0 aliphatic carbocycles. The van der Waals surface area contributed by atoms with Gasteiger partial charge in [0.2, 0.25) is 5.91 Å². The molecule has 0 bridgehead atoms. The van der Waals surface area contributed by atoms with Crippen LogP contribution in [0.25, 0.3) is 11.0 Å². The summed E-state index contributed by atoms with van der Waals surface area (Å²) >= 11 is 0. The number of fused-ring (bicyclic) bond motifs is 1. The topological polar surface area (TPSA) is 67.6 Å². The number of hydrogen-bond donors (Lipinski definition) is 1. The lowest BCUT2D eigenvalue weighted by atomic mass is 10.1. The van der Waals surface area contributed by atoms with Gasteiger partial charge in [-0.1, -0.05) is 42.5 Å². The van der Waals surface area contributed by atoms with E-state index in [9.17, 15) is 9.90 Å². The van der Waals surface area contributed by atoms with E-state index in [0.29, 0.717) is 19.5 Å². The number of carbonyl (C=O) groups excluding carboxylic acids is 1. The summed E-state index contributed by atoms with van der Waals surface area (Å²) in [5.74, 6) is 1.65. The summed E-state index contributed by atoms with van der Waals surface area (Å²) in [5, 5.41) is 10.9. The lowest BCUT2D eigenvalue weighted by Crippen LogP contribution is -2.26. The molecule has 5 rings (SSSR count). The molecule has 1 amide bonds. The van der Waals surface area contributed by atoms with Crippen molar-refractivity contribution in [3.63, 3.8) is 0 Å². The van der Waals surface area contributed by atoms with Crippen LogP contribution in [0.4, 0.5) is 5.69 Å². The number of carbonyl (C=O) groups is 1. The molecule has 3 aromatic carbocycles. The average Bonchev–Trinajstić information content (AvgIpc) is 3.39. The fourth-order valence-electron chi connectivity index (χ4n) is 4.69. The number of amides is 1. The third-order valence-electron chi connectivity index (χ3n) is 6.41. The molecule has 0 spiro atoms. The molecule has 1 aliphatic rings. The Balaban J connectivity index is 1.39. The first-order chi connectivity index (χ1) is 16.5. The van der Waals surface area contributed by atoms with Gasteiger partial charge < -0.3 is 19.3 Å². The van der Waals surface area contributed by atoms with Crippen LogP contribution in [0.15, 0.2) is 72.8 Å². The summed E-state index contributed by atoms with van der Waals surface area (Å²) in [6.45, 7) is 5.11. The molecule has 2 heterocycles. The van der Waals surface area contributed by atoms with Crippen molar-refractivity contribution in [2.45, 2.75) is 38.8 Å². The zero-order valence-electron chi connectivity index (χ0n) is 19.5. The molecule has 6 heteroatoms. The van der Waals surface area contributed by atoms with Gasteiger partial charge in [0.05, 0.1) is 17.6 Å². The number of ether oxygens (including phenoxy) is 1. The van der Waals surface area contributed by atoms with E-state index in [1.807, 2.05) is 91.5 Å². The SMILES string of the molecule is Cc1cccc(N2CC(c3nc4ccccc4n3CC(O)COc3ccccc3C)CC2=O)c1.